The minimum Gasteiger partial charge on any atom is -0.481 e. The van der Waals surface area contributed by atoms with Crippen LogP contribution in [-0.4, -0.2) is 17.6 Å². The smallest absolute Gasteiger partial charge is 0.262 e. The predicted octanol–water partition coefficient (Wildman–Crippen LogP) is 3.17. The Morgan fingerprint density at radius 1 is 1.17 bits per heavy atom. The molecule has 122 valence electrons. The van der Waals surface area contributed by atoms with Crippen LogP contribution < -0.4 is 10.1 Å². The van der Waals surface area contributed by atoms with Gasteiger partial charge in [-0.05, 0) is 24.6 Å². The minimum atomic E-state index is -1.34. The molecule has 0 bridgehead atoms. The Labute approximate surface area is 130 Å². The molecule has 0 saturated carbocycles. The first-order valence-electron chi connectivity index (χ1n) is 6.72. The molecular formula is C16H14F3NO3. The number of hydrogen-bond acceptors (Lipinski definition) is 3. The van der Waals surface area contributed by atoms with Crippen molar-refractivity contribution in [2.24, 2.45) is 0 Å². The van der Waals surface area contributed by atoms with Crippen LogP contribution in [0.1, 0.15) is 18.6 Å². The van der Waals surface area contributed by atoms with E-state index in [9.17, 15) is 23.1 Å². The summed E-state index contributed by atoms with van der Waals surface area (Å²) in [5.41, 5.74) is 1.03. The molecule has 0 radical (unpaired) electrons. The van der Waals surface area contributed by atoms with E-state index in [0.29, 0.717) is 23.4 Å². The first-order valence-corrected chi connectivity index (χ1v) is 6.72. The maximum atomic E-state index is 13.4. The lowest BCUT2D eigenvalue weighted by Crippen LogP contribution is -2.20. The van der Waals surface area contributed by atoms with Gasteiger partial charge in [0.1, 0.15) is 0 Å². The van der Waals surface area contributed by atoms with Crippen molar-refractivity contribution in [3.63, 3.8) is 0 Å². The van der Waals surface area contributed by atoms with E-state index >= 15 is 0 Å². The maximum Gasteiger partial charge on any atom is 0.262 e. The molecular weight excluding hydrogens is 311 g/mol. The molecule has 0 aromatic heterocycles. The number of anilines is 1. The van der Waals surface area contributed by atoms with Crippen molar-refractivity contribution in [2.45, 2.75) is 13.0 Å². The van der Waals surface area contributed by atoms with Crippen LogP contribution in [-0.2, 0) is 4.79 Å². The fourth-order valence-electron chi connectivity index (χ4n) is 1.83. The van der Waals surface area contributed by atoms with E-state index < -0.39 is 41.8 Å². The number of carbonyl (C=O) groups excluding carboxylic acids is 1. The van der Waals surface area contributed by atoms with E-state index in [1.807, 2.05) is 0 Å². The molecule has 0 aliphatic heterocycles. The van der Waals surface area contributed by atoms with Gasteiger partial charge in [0.05, 0.1) is 6.10 Å². The lowest BCUT2D eigenvalue weighted by Gasteiger charge is -2.10. The standard InChI is InChI=1S/C16H14F3NO3/c1-9(21)10-3-2-4-11(5-10)20-16(22)8-23-15-7-13(18)12(17)6-14(15)19/h2-7,9,21H,8H2,1H3,(H,20,22). The maximum absolute atomic E-state index is 13.4. The second kappa shape index (κ2) is 7.15. The lowest BCUT2D eigenvalue weighted by atomic mass is 10.1. The summed E-state index contributed by atoms with van der Waals surface area (Å²) in [6, 6.07) is 7.38. The number of amides is 1. The minimum absolute atomic E-state index is 0.342. The van der Waals surface area contributed by atoms with Crippen LogP contribution in [0.2, 0.25) is 0 Å². The van der Waals surface area contributed by atoms with Crippen LogP contribution in [0.15, 0.2) is 36.4 Å². The molecule has 0 aliphatic rings. The second-order valence-electron chi connectivity index (χ2n) is 4.84. The Balaban J connectivity index is 1.98. The van der Waals surface area contributed by atoms with E-state index in [2.05, 4.69) is 5.32 Å². The average Bonchev–Trinajstić information content (AvgIpc) is 2.50. The van der Waals surface area contributed by atoms with Crippen LogP contribution in [0.25, 0.3) is 0 Å². The topological polar surface area (TPSA) is 58.6 Å². The van der Waals surface area contributed by atoms with E-state index in [0.717, 1.165) is 0 Å². The van der Waals surface area contributed by atoms with Crippen LogP contribution in [0.3, 0.4) is 0 Å². The van der Waals surface area contributed by atoms with Crippen molar-refractivity contribution in [3.8, 4) is 5.75 Å². The van der Waals surface area contributed by atoms with Crippen molar-refractivity contribution >= 4 is 11.6 Å². The van der Waals surface area contributed by atoms with Gasteiger partial charge >= 0.3 is 0 Å². The molecule has 7 heteroatoms. The Hall–Kier alpha value is -2.54. The van der Waals surface area contributed by atoms with Gasteiger partial charge in [0.15, 0.2) is 29.8 Å². The molecule has 2 aromatic rings. The molecule has 1 amide bonds. The highest BCUT2D eigenvalue weighted by Crippen LogP contribution is 2.21. The third-order valence-corrected chi connectivity index (χ3v) is 2.99. The van der Waals surface area contributed by atoms with Crippen molar-refractivity contribution in [3.05, 3.63) is 59.4 Å². The molecule has 0 heterocycles. The van der Waals surface area contributed by atoms with Crippen LogP contribution >= 0.6 is 0 Å². The largest absolute Gasteiger partial charge is 0.481 e. The zero-order valence-corrected chi connectivity index (χ0v) is 12.1. The molecule has 0 saturated heterocycles. The molecule has 2 aromatic carbocycles. The SMILES string of the molecule is CC(O)c1cccc(NC(=O)COc2cc(F)c(F)cc2F)c1. The summed E-state index contributed by atoms with van der Waals surface area (Å²) in [5, 5.41) is 12.0. The Morgan fingerprint density at radius 3 is 2.57 bits per heavy atom. The quantitative estimate of drug-likeness (QED) is 0.830. The summed E-state index contributed by atoms with van der Waals surface area (Å²) < 4.78 is 44.0. The summed E-state index contributed by atoms with van der Waals surface area (Å²) in [7, 11) is 0. The van der Waals surface area contributed by atoms with Gasteiger partial charge in [0.25, 0.3) is 5.91 Å². The first kappa shape index (κ1) is 16.8. The van der Waals surface area contributed by atoms with Crippen molar-refractivity contribution in [1.82, 2.24) is 0 Å². The first-order chi connectivity index (χ1) is 10.9. The highest BCUT2D eigenvalue weighted by atomic mass is 19.2. The summed E-state index contributed by atoms with van der Waals surface area (Å²) in [6.45, 7) is 0.997. The lowest BCUT2D eigenvalue weighted by molar-refractivity contribution is -0.118. The number of halogens is 3. The number of nitrogens with one attached hydrogen (secondary N) is 1. The van der Waals surface area contributed by atoms with Crippen LogP contribution in [0.5, 0.6) is 5.75 Å². The number of ether oxygens (including phenoxy) is 1. The number of benzene rings is 2. The molecule has 1 atom stereocenters. The van der Waals surface area contributed by atoms with Crippen molar-refractivity contribution in [1.29, 1.82) is 0 Å². The fraction of sp³-hybridized carbons (Fsp3) is 0.188. The van der Waals surface area contributed by atoms with Gasteiger partial charge in [-0.25, -0.2) is 13.2 Å². The summed E-state index contributed by atoms with van der Waals surface area (Å²) in [6.07, 6.45) is -0.695. The van der Waals surface area contributed by atoms with E-state index in [4.69, 9.17) is 4.74 Å². The fourth-order valence-corrected chi connectivity index (χ4v) is 1.83. The summed E-state index contributed by atoms with van der Waals surface area (Å²) >= 11 is 0. The van der Waals surface area contributed by atoms with Crippen LogP contribution in [0.4, 0.5) is 18.9 Å². The van der Waals surface area contributed by atoms with E-state index in [1.165, 1.54) is 0 Å². The Bertz CT molecular complexity index is 720. The van der Waals surface area contributed by atoms with Crippen LogP contribution in [0, 0.1) is 17.5 Å². The number of aliphatic hydroxyl groups excluding tert-OH is 1. The van der Waals surface area contributed by atoms with Gasteiger partial charge in [0.2, 0.25) is 0 Å². The van der Waals surface area contributed by atoms with Gasteiger partial charge in [0, 0.05) is 17.8 Å². The Kier molecular flexibility index (Phi) is 5.23. The second-order valence-corrected chi connectivity index (χ2v) is 4.84. The third kappa shape index (κ3) is 4.46. The Morgan fingerprint density at radius 2 is 1.87 bits per heavy atom. The van der Waals surface area contributed by atoms with Gasteiger partial charge < -0.3 is 15.2 Å². The molecule has 0 spiro atoms. The molecule has 2 rings (SSSR count). The number of carbonyl (C=O) groups is 1. The van der Waals surface area contributed by atoms with Crippen molar-refractivity contribution in [2.75, 3.05) is 11.9 Å². The molecule has 0 aliphatic carbocycles. The van der Waals surface area contributed by atoms with Gasteiger partial charge in [-0.15, -0.1) is 0 Å². The average molecular weight is 325 g/mol. The van der Waals surface area contributed by atoms with Gasteiger partial charge in [-0.2, -0.15) is 0 Å². The highest BCUT2D eigenvalue weighted by molar-refractivity contribution is 5.91. The highest BCUT2D eigenvalue weighted by Gasteiger charge is 2.13. The van der Waals surface area contributed by atoms with Crippen molar-refractivity contribution < 1.29 is 27.8 Å². The third-order valence-electron chi connectivity index (χ3n) is 2.99. The van der Waals surface area contributed by atoms with Gasteiger partial charge in [-0.3, -0.25) is 4.79 Å². The van der Waals surface area contributed by atoms with E-state index in [1.54, 1.807) is 31.2 Å². The number of aliphatic hydroxyl groups is 1. The molecule has 23 heavy (non-hydrogen) atoms. The normalized spacial score (nSPS) is 11.9. The molecule has 2 N–H and O–H groups in total. The molecule has 1 unspecified atom stereocenters. The number of hydrogen-bond donors (Lipinski definition) is 2. The molecule has 4 nitrogen and oxygen atoms in total. The molecule has 0 fully saturated rings. The number of rotatable bonds is 5. The summed E-state index contributed by atoms with van der Waals surface area (Å²) in [4.78, 5) is 11.7. The predicted molar refractivity (Wildman–Crippen MR) is 77.5 cm³/mol. The monoisotopic (exact) mass is 325 g/mol. The zero-order valence-electron chi connectivity index (χ0n) is 12.1. The van der Waals surface area contributed by atoms with Gasteiger partial charge in [-0.1, -0.05) is 12.1 Å². The zero-order chi connectivity index (χ0) is 17.0. The summed E-state index contributed by atoms with van der Waals surface area (Å²) in [5.74, 6) is -4.89. The van der Waals surface area contributed by atoms with E-state index in [-0.39, 0.29) is 0 Å².